The SMILES string of the molecule is CC[C@H](C)[C@H](NC(=O)[C@H](CC(C)C)NC(=O)[C@@H](NC(=O)[C@@H](NC(=O)[C@H](CCCCN)NC(=O)[C@@H](N)CO)[C@@H](C)O)C(C)C)C(=O)N[C@@H](CC(C)C)C(=O)NCC(=O)N[C@@H](C)C(=O)NCC(=O)N[C@H](C(=O)NCC(=O)NCC(=O)N[C@@H](CC(C)C)C(=O)N[C@H](C(=O)O)[C@@H](C)O)C(C)C. The van der Waals surface area contributed by atoms with E-state index in [4.69, 9.17) is 11.5 Å². The number of amides is 14. The fraction of sp³-hybridized carbons (Fsp3) is 0.758. The summed E-state index contributed by atoms with van der Waals surface area (Å²) in [5.41, 5.74) is 11.2. The average Bonchev–Trinajstić information content (AvgIpc) is 0.916. The molecule has 0 rings (SSSR count). The van der Waals surface area contributed by atoms with Gasteiger partial charge in [0.15, 0.2) is 6.04 Å². The Labute approximate surface area is 567 Å². The molecule has 0 fully saturated rings. The second-order valence-electron chi connectivity index (χ2n) is 26.2. The van der Waals surface area contributed by atoms with Crippen molar-refractivity contribution in [2.24, 2.45) is 47.0 Å². The molecule has 0 bridgehead atoms. The van der Waals surface area contributed by atoms with E-state index in [1.54, 1.807) is 83.1 Å². The molecule has 0 aromatic rings. The van der Waals surface area contributed by atoms with Crippen molar-refractivity contribution in [1.82, 2.24) is 74.4 Å². The number of hydrogen-bond donors (Lipinski definition) is 20. The van der Waals surface area contributed by atoms with Gasteiger partial charge in [-0.05, 0) is 101 Å². The van der Waals surface area contributed by atoms with Gasteiger partial charge < -0.3 is 106 Å². The van der Waals surface area contributed by atoms with Crippen molar-refractivity contribution in [3.05, 3.63) is 0 Å². The molecule has 0 radical (unpaired) electrons. The normalized spacial score (nSPS) is 15.7. The second kappa shape index (κ2) is 45.4. The summed E-state index contributed by atoms with van der Waals surface area (Å²) in [5.74, 6) is -15.5. The molecule has 14 atom stereocenters. The van der Waals surface area contributed by atoms with Crippen LogP contribution in [0.5, 0.6) is 0 Å². The van der Waals surface area contributed by atoms with Gasteiger partial charge in [-0.3, -0.25) is 67.1 Å². The molecule has 0 heterocycles. The summed E-state index contributed by atoms with van der Waals surface area (Å²) in [7, 11) is 0. The Kier molecular flexibility index (Phi) is 41.6. The number of aliphatic hydroxyl groups excluding tert-OH is 3. The molecule has 0 aliphatic rings. The number of carbonyl (C=O) groups excluding carboxylic acids is 14. The first-order valence-corrected chi connectivity index (χ1v) is 32.9. The number of nitrogens with two attached hydrogens (primary N) is 2. The summed E-state index contributed by atoms with van der Waals surface area (Å²) >= 11 is 0. The summed E-state index contributed by atoms with van der Waals surface area (Å²) in [4.78, 5) is 198. The van der Waals surface area contributed by atoms with Crippen LogP contribution in [0.25, 0.3) is 0 Å². The summed E-state index contributed by atoms with van der Waals surface area (Å²) in [6.07, 6.45) is -1.50. The Morgan fingerprint density at radius 3 is 1.21 bits per heavy atom. The van der Waals surface area contributed by atoms with Crippen molar-refractivity contribution in [1.29, 1.82) is 0 Å². The molecule has 14 amide bonds. The highest BCUT2D eigenvalue weighted by molar-refractivity contribution is 5.99. The van der Waals surface area contributed by atoms with Gasteiger partial charge in [-0.15, -0.1) is 0 Å². The van der Waals surface area contributed by atoms with Crippen LogP contribution in [0.1, 0.15) is 149 Å². The zero-order valence-corrected chi connectivity index (χ0v) is 58.7. The van der Waals surface area contributed by atoms with Gasteiger partial charge in [0.25, 0.3) is 0 Å². The highest BCUT2D eigenvalue weighted by Crippen LogP contribution is 2.15. The van der Waals surface area contributed by atoms with Crippen LogP contribution in [0.3, 0.4) is 0 Å². The number of carbonyl (C=O) groups is 15. The molecule has 35 nitrogen and oxygen atoms in total. The number of carboxylic acids is 1. The minimum Gasteiger partial charge on any atom is -0.480 e. The van der Waals surface area contributed by atoms with Gasteiger partial charge in [-0.2, -0.15) is 0 Å². The van der Waals surface area contributed by atoms with Crippen LogP contribution in [-0.2, 0) is 71.9 Å². The molecule has 35 heteroatoms. The molecule has 0 aromatic carbocycles. The van der Waals surface area contributed by atoms with Gasteiger partial charge in [0, 0.05) is 0 Å². The van der Waals surface area contributed by atoms with Crippen LogP contribution in [0.15, 0.2) is 0 Å². The van der Waals surface area contributed by atoms with E-state index in [-0.39, 0.29) is 50.0 Å². The van der Waals surface area contributed by atoms with E-state index >= 15 is 0 Å². The number of aliphatic carboxylic acids is 1. The summed E-state index contributed by atoms with van der Waals surface area (Å²) < 4.78 is 0. The zero-order chi connectivity index (χ0) is 74.7. The molecule has 0 spiro atoms. The first-order valence-electron chi connectivity index (χ1n) is 32.9. The van der Waals surface area contributed by atoms with Crippen molar-refractivity contribution in [3.63, 3.8) is 0 Å². The van der Waals surface area contributed by atoms with Crippen molar-refractivity contribution in [2.75, 3.05) is 39.3 Å². The number of nitrogens with one attached hydrogen (secondary N) is 14. The number of rotatable bonds is 46. The number of hydrogen-bond acceptors (Lipinski definition) is 20. The molecule has 22 N–H and O–H groups in total. The second-order valence-corrected chi connectivity index (χ2v) is 26.2. The topological polar surface area (TPSA) is 557 Å². The molecule has 0 unspecified atom stereocenters. The van der Waals surface area contributed by atoms with Gasteiger partial charge >= 0.3 is 5.97 Å². The lowest BCUT2D eigenvalue weighted by molar-refractivity contribution is -0.145. The summed E-state index contributed by atoms with van der Waals surface area (Å²) in [5, 5.41) is 73.5. The minimum absolute atomic E-state index is 0.0473. The highest BCUT2D eigenvalue weighted by atomic mass is 16.4. The first kappa shape index (κ1) is 88.8. The third-order valence-electron chi connectivity index (χ3n) is 15.1. The third kappa shape index (κ3) is 34.6. The van der Waals surface area contributed by atoms with Crippen molar-refractivity contribution in [2.45, 2.75) is 227 Å². The predicted octanol–water partition coefficient (Wildman–Crippen LogP) is -5.89. The van der Waals surface area contributed by atoms with Crippen molar-refractivity contribution < 1.29 is 92.3 Å². The Morgan fingerprint density at radius 2 is 0.742 bits per heavy atom. The molecule has 554 valence electrons. The standard InChI is InChI=1S/C62H112N16O19/c1-16-34(12)49(76-57(91)42(23-31(6)7)73-59(93)48(33(10)11)75-61(95)50(36(14)80)77-55(89)39(19-17-18-20-63)71-53(87)38(64)28-79)60(94)72-40(21-29(2)3)54(88)67-26-44(83)69-35(13)52(86)66-27-46(85)74-47(32(8)9)58(92)68-24-43(82)65-25-45(84)70-41(22-30(4)5)56(90)78-51(37(15)81)62(96)97/h29-42,47-51,79-81H,16-28,63-64H2,1-15H3,(H,65,82)(H,66,86)(H,67,88)(H,68,92)(H,69,83)(H,70,84)(H,71,87)(H,72,94)(H,73,93)(H,74,85)(H,75,95)(H,76,91)(H,77,89)(H,78,90)(H,96,97)/t34-,35-,36+,37+,38-,39-,40-,41-,42-,47-,48-,49-,50-,51-/m0/s1. The molecule has 0 aliphatic heterocycles. The van der Waals surface area contributed by atoms with Crippen LogP contribution >= 0.6 is 0 Å². The average molecular weight is 1390 g/mol. The number of carboxylic acid groups (broad SMARTS) is 1. The Balaban J connectivity index is 5.89. The van der Waals surface area contributed by atoms with E-state index in [1.165, 1.54) is 20.8 Å². The Bertz CT molecular complexity index is 2640. The van der Waals surface area contributed by atoms with Gasteiger partial charge in [0.2, 0.25) is 82.7 Å². The van der Waals surface area contributed by atoms with Gasteiger partial charge in [0.05, 0.1) is 45.0 Å². The van der Waals surface area contributed by atoms with Crippen molar-refractivity contribution >= 4 is 88.7 Å². The molecule has 0 saturated heterocycles. The van der Waals surface area contributed by atoms with E-state index < -0.39 is 218 Å². The van der Waals surface area contributed by atoms with Gasteiger partial charge in [0.1, 0.15) is 60.4 Å². The molecule has 0 aromatic heterocycles. The van der Waals surface area contributed by atoms with Gasteiger partial charge in [-0.1, -0.05) is 89.5 Å². The minimum atomic E-state index is -1.65. The molecular weight excluding hydrogens is 1270 g/mol. The lowest BCUT2D eigenvalue weighted by atomic mass is 9.95. The van der Waals surface area contributed by atoms with E-state index in [1.807, 2.05) is 0 Å². The predicted molar refractivity (Wildman–Crippen MR) is 353 cm³/mol. The van der Waals surface area contributed by atoms with Crippen LogP contribution < -0.4 is 85.9 Å². The Hall–Kier alpha value is -8.15. The third-order valence-corrected chi connectivity index (χ3v) is 15.1. The maximum atomic E-state index is 14.3. The van der Waals surface area contributed by atoms with Crippen LogP contribution in [0.4, 0.5) is 0 Å². The molecule has 97 heavy (non-hydrogen) atoms. The lowest BCUT2D eigenvalue weighted by Crippen LogP contribution is -2.62. The maximum absolute atomic E-state index is 14.3. The fourth-order valence-corrected chi connectivity index (χ4v) is 9.28. The Morgan fingerprint density at radius 1 is 0.371 bits per heavy atom. The van der Waals surface area contributed by atoms with Gasteiger partial charge in [-0.25, -0.2) is 4.79 Å². The smallest absolute Gasteiger partial charge is 0.328 e. The molecular formula is C62H112N16O19. The maximum Gasteiger partial charge on any atom is 0.328 e. The zero-order valence-electron chi connectivity index (χ0n) is 58.7. The van der Waals surface area contributed by atoms with Crippen LogP contribution in [0, 0.1) is 35.5 Å². The van der Waals surface area contributed by atoms with Crippen LogP contribution in [0.2, 0.25) is 0 Å². The first-order chi connectivity index (χ1) is 45.1. The molecule has 0 aliphatic carbocycles. The summed E-state index contributed by atoms with van der Waals surface area (Å²) in [6.45, 7) is 21.0. The van der Waals surface area contributed by atoms with E-state index in [2.05, 4.69) is 74.4 Å². The number of unbranched alkanes of at least 4 members (excludes halogenated alkanes) is 1. The fourth-order valence-electron chi connectivity index (χ4n) is 9.28. The van der Waals surface area contributed by atoms with Crippen molar-refractivity contribution in [3.8, 4) is 0 Å². The van der Waals surface area contributed by atoms with Crippen LogP contribution in [-0.4, -0.2) is 227 Å². The largest absolute Gasteiger partial charge is 0.480 e. The highest BCUT2D eigenvalue weighted by Gasteiger charge is 2.38. The lowest BCUT2D eigenvalue weighted by Gasteiger charge is -2.31. The number of aliphatic hydroxyl groups is 3. The summed E-state index contributed by atoms with van der Waals surface area (Å²) in [6, 6.07) is -14.8. The quantitative estimate of drug-likeness (QED) is 0.0252. The molecule has 0 saturated carbocycles. The monoisotopic (exact) mass is 1380 g/mol. The van der Waals surface area contributed by atoms with E-state index in [9.17, 15) is 92.3 Å². The van der Waals surface area contributed by atoms with E-state index in [0.29, 0.717) is 19.3 Å². The van der Waals surface area contributed by atoms with E-state index in [0.717, 1.165) is 0 Å².